The summed E-state index contributed by atoms with van der Waals surface area (Å²) >= 11 is 0. The predicted octanol–water partition coefficient (Wildman–Crippen LogP) is 0.248. The number of rotatable bonds is 9. The van der Waals surface area contributed by atoms with Gasteiger partial charge in [-0.1, -0.05) is 0 Å². The van der Waals surface area contributed by atoms with Gasteiger partial charge in [-0.05, 0) is 32.6 Å². The fourth-order valence-electron chi connectivity index (χ4n) is 2.06. The summed E-state index contributed by atoms with van der Waals surface area (Å²) in [6.45, 7) is 6.36. The number of nitrogens with one attached hydrogen (secondary N) is 2. The third kappa shape index (κ3) is 8.55. The first-order chi connectivity index (χ1) is 10.1. The molecule has 130 valence electrons. The zero-order valence-corrected chi connectivity index (χ0v) is 15.2. The molecule has 0 atom stereocenters. The van der Waals surface area contributed by atoms with Gasteiger partial charge in [-0.15, -0.1) is 0 Å². The van der Waals surface area contributed by atoms with Crippen molar-refractivity contribution in [1.82, 2.24) is 14.9 Å². The Hall–Kier alpha value is -0.860. The number of ether oxygens (including phenoxy) is 1. The average Bonchev–Trinajstić information content (AvgIpc) is 3.16. The number of aliphatic imine (C=N–C) groups is 1. The molecule has 0 aromatic rings. The Morgan fingerprint density at radius 2 is 2.05 bits per heavy atom. The molecular formula is C14H30N4O3S. The van der Waals surface area contributed by atoms with E-state index in [1.54, 1.807) is 7.05 Å². The molecule has 1 saturated carbocycles. The van der Waals surface area contributed by atoms with E-state index in [2.05, 4.69) is 15.0 Å². The monoisotopic (exact) mass is 334 g/mol. The van der Waals surface area contributed by atoms with Crippen molar-refractivity contribution in [3.8, 4) is 0 Å². The van der Waals surface area contributed by atoms with E-state index < -0.39 is 15.6 Å². The summed E-state index contributed by atoms with van der Waals surface area (Å²) < 4.78 is 30.9. The molecule has 8 heteroatoms. The number of guanidine groups is 1. The van der Waals surface area contributed by atoms with Crippen molar-refractivity contribution in [3.63, 3.8) is 0 Å². The van der Waals surface area contributed by atoms with E-state index in [1.807, 2.05) is 25.8 Å². The topological polar surface area (TPSA) is 83.0 Å². The Balaban J connectivity index is 2.32. The normalized spacial score (nSPS) is 16.7. The van der Waals surface area contributed by atoms with Crippen LogP contribution < -0.4 is 10.0 Å². The minimum absolute atomic E-state index is 0.444. The second-order valence-corrected chi connectivity index (χ2v) is 8.35. The Bertz CT molecular complexity index is 472. The number of hydrogen-bond acceptors (Lipinski definition) is 4. The fourth-order valence-corrected chi connectivity index (χ4v) is 3.14. The van der Waals surface area contributed by atoms with Gasteiger partial charge in [-0.2, -0.15) is 0 Å². The van der Waals surface area contributed by atoms with Gasteiger partial charge in [0.1, 0.15) is 0 Å². The molecule has 7 nitrogen and oxygen atoms in total. The van der Waals surface area contributed by atoms with E-state index >= 15 is 0 Å². The fraction of sp³-hybridized carbons (Fsp3) is 0.929. The molecule has 0 aliphatic heterocycles. The summed E-state index contributed by atoms with van der Waals surface area (Å²) in [5, 5.41) is 3.19. The lowest BCUT2D eigenvalue weighted by molar-refractivity contribution is 0.115. The SMILES string of the molecule is CN=C(NCC(C)(C)NS(C)(=O)=O)N(C)CCOCC1CC1. The number of sulfonamides is 1. The lowest BCUT2D eigenvalue weighted by Crippen LogP contribution is -2.53. The summed E-state index contributed by atoms with van der Waals surface area (Å²) in [5.41, 5.74) is -0.590. The van der Waals surface area contributed by atoms with Crippen LogP contribution >= 0.6 is 0 Å². The molecule has 0 saturated heterocycles. The molecule has 0 heterocycles. The summed E-state index contributed by atoms with van der Waals surface area (Å²) in [6, 6.07) is 0. The molecule has 0 unspecified atom stereocenters. The first-order valence-corrected chi connectivity index (χ1v) is 9.50. The minimum Gasteiger partial charge on any atom is -0.379 e. The smallest absolute Gasteiger partial charge is 0.209 e. The van der Waals surface area contributed by atoms with Gasteiger partial charge in [0.2, 0.25) is 10.0 Å². The molecule has 0 spiro atoms. The standard InChI is InChI=1S/C14H30N4O3S/c1-14(2,17-22(5,19)20)11-16-13(15-3)18(4)8-9-21-10-12-6-7-12/h12,17H,6-11H2,1-5H3,(H,15,16). The Labute approximate surface area is 134 Å². The maximum Gasteiger partial charge on any atom is 0.209 e. The van der Waals surface area contributed by atoms with Gasteiger partial charge in [-0.3, -0.25) is 4.99 Å². The maximum absolute atomic E-state index is 11.3. The third-order valence-electron chi connectivity index (χ3n) is 3.35. The lowest BCUT2D eigenvalue weighted by Gasteiger charge is -2.29. The lowest BCUT2D eigenvalue weighted by atomic mass is 10.1. The third-order valence-corrected chi connectivity index (χ3v) is 4.27. The number of likely N-dealkylation sites (N-methyl/N-ethyl adjacent to an activating group) is 1. The van der Waals surface area contributed by atoms with Gasteiger partial charge in [0.25, 0.3) is 0 Å². The molecule has 1 aliphatic rings. The van der Waals surface area contributed by atoms with Crippen LogP contribution in [-0.4, -0.2) is 71.5 Å². The first kappa shape index (κ1) is 19.2. The van der Waals surface area contributed by atoms with Gasteiger partial charge in [-0.25, -0.2) is 13.1 Å². The number of nitrogens with zero attached hydrogens (tertiary/aromatic N) is 2. The summed E-state index contributed by atoms with van der Waals surface area (Å²) in [7, 11) is 0.407. The van der Waals surface area contributed by atoms with E-state index in [4.69, 9.17) is 4.74 Å². The highest BCUT2D eigenvalue weighted by Crippen LogP contribution is 2.28. The van der Waals surface area contributed by atoms with E-state index in [0.29, 0.717) is 13.2 Å². The zero-order valence-electron chi connectivity index (χ0n) is 14.3. The Morgan fingerprint density at radius 3 is 2.55 bits per heavy atom. The zero-order chi connectivity index (χ0) is 16.8. The molecule has 0 aromatic heterocycles. The van der Waals surface area contributed by atoms with Crippen LogP contribution in [0.3, 0.4) is 0 Å². The van der Waals surface area contributed by atoms with Crippen LogP contribution in [0.1, 0.15) is 26.7 Å². The molecule has 1 fully saturated rings. The molecule has 0 bridgehead atoms. The highest BCUT2D eigenvalue weighted by molar-refractivity contribution is 7.88. The molecule has 2 N–H and O–H groups in total. The summed E-state index contributed by atoms with van der Waals surface area (Å²) in [4.78, 5) is 6.19. The van der Waals surface area contributed by atoms with Gasteiger partial charge in [0, 0.05) is 39.3 Å². The van der Waals surface area contributed by atoms with Crippen molar-refractivity contribution in [3.05, 3.63) is 0 Å². The average molecular weight is 334 g/mol. The van der Waals surface area contributed by atoms with E-state index in [0.717, 1.165) is 31.3 Å². The Kier molecular flexibility index (Phi) is 7.08. The van der Waals surface area contributed by atoms with Crippen LogP contribution in [0.4, 0.5) is 0 Å². The van der Waals surface area contributed by atoms with Crippen LogP contribution in [0.5, 0.6) is 0 Å². The van der Waals surface area contributed by atoms with Gasteiger partial charge in [0.05, 0.1) is 12.9 Å². The van der Waals surface area contributed by atoms with Crippen LogP contribution in [0.15, 0.2) is 4.99 Å². The van der Waals surface area contributed by atoms with Crippen molar-refractivity contribution < 1.29 is 13.2 Å². The molecule has 0 amide bonds. The highest BCUT2D eigenvalue weighted by Gasteiger charge is 2.23. The van der Waals surface area contributed by atoms with Gasteiger partial charge < -0.3 is 15.0 Å². The van der Waals surface area contributed by atoms with E-state index in [-0.39, 0.29) is 0 Å². The molecular weight excluding hydrogens is 304 g/mol. The second kappa shape index (κ2) is 8.12. The van der Waals surface area contributed by atoms with Crippen molar-refractivity contribution in [1.29, 1.82) is 0 Å². The van der Waals surface area contributed by atoms with Crippen molar-refractivity contribution >= 4 is 16.0 Å². The maximum atomic E-state index is 11.3. The van der Waals surface area contributed by atoms with Crippen LogP contribution in [0.2, 0.25) is 0 Å². The van der Waals surface area contributed by atoms with Crippen LogP contribution in [-0.2, 0) is 14.8 Å². The number of hydrogen-bond donors (Lipinski definition) is 2. The quantitative estimate of drug-likeness (QED) is 0.359. The summed E-state index contributed by atoms with van der Waals surface area (Å²) in [5.74, 6) is 1.49. The highest BCUT2D eigenvalue weighted by atomic mass is 32.2. The molecule has 1 aliphatic carbocycles. The molecule has 0 aromatic carbocycles. The van der Waals surface area contributed by atoms with Gasteiger partial charge in [0.15, 0.2) is 5.96 Å². The molecule has 1 rings (SSSR count). The van der Waals surface area contributed by atoms with E-state index in [1.165, 1.54) is 12.8 Å². The van der Waals surface area contributed by atoms with Crippen molar-refractivity contribution in [2.45, 2.75) is 32.2 Å². The van der Waals surface area contributed by atoms with E-state index in [9.17, 15) is 8.42 Å². The van der Waals surface area contributed by atoms with Crippen molar-refractivity contribution in [2.24, 2.45) is 10.9 Å². The van der Waals surface area contributed by atoms with Crippen LogP contribution in [0, 0.1) is 5.92 Å². The predicted molar refractivity (Wildman–Crippen MR) is 89.6 cm³/mol. The second-order valence-electron chi connectivity index (χ2n) is 6.60. The molecule has 0 radical (unpaired) electrons. The minimum atomic E-state index is -3.24. The molecule has 22 heavy (non-hydrogen) atoms. The first-order valence-electron chi connectivity index (χ1n) is 7.61. The van der Waals surface area contributed by atoms with Crippen LogP contribution in [0.25, 0.3) is 0 Å². The summed E-state index contributed by atoms with van der Waals surface area (Å²) in [6.07, 6.45) is 3.75. The van der Waals surface area contributed by atoms with Crippen molar-refractivity contribution in [2.75, 3.05) is 46.7 Å². The van der Waals surface area contributed by atoms with Gasteiger partial charge >= 0.3 is 0 Å². The Morgan fingerprint density at radius 1 is 1.41 bits per heavy atom. The largest absolute Gasteiger partial charge is 0.379 e.